The lowest BCUT2D eigenvalue weighted by Gasteiger charge is -2.16. The van der Waals surface area contributed by atoms with Gasteiger partial charge in [-0.05, 0) is 44.5 Å². The maximum Gasteiger partial charge on any atom is 0.124 e. The van der Waals surface area contributed by atoms with Gasteiger partial charge in [-0.2, -0.15) is 0 Å². The van der Waals surface area contributed by atoms with Crippen LogP contribution in [-0.4, -0.2) is 25.4 Å². The molecular formula is C15H22ClNO2. The van der Waals surface area contributed by atoms with Crippen molar-refractivity contribution in [3.8, 4) is 5.75 Å². The zero-order valence-corrected chi connectivity index (χ0v) is 12.4. The lowest BCUT2D eigenvalue weighted by molar-refractivity contribution is 0.0262. The second kappa shape index (κ2) is 7.13. The van der Waals surface area contributed by atoms with E-state index >= 15 is 0 Å². The summed E-state index contributed by atoms with van der Waals surface area (Å²) in [7, 11) is 0. The Morgan fingerprint density at radius 2 is 2.26 bits per heavy atom. The minimum atomic E-state index is 0.220. The largest absolute Gasteiger partial charge is 0.491 e. The summed E-state index contributed by atoms with van der Waals surface area (Å²) in [5, 5.41) is 4.04. The van der Waals surface area contributed by atoms with Crippen molar-refractivity contribution in [1.82, 2.24) is 5.32 Å². The van der Waals surface area contributed by atoms with Crippen molar-refractivity contribution in [2.75, 3.05) is 13.2 Å². The molecule has 1 saturated heterocycles. The zero-order valence-electron chi connectivity index (χ0n) is 11.6. The fourth-order valence-corrected chi connectivity index (χ4v) is 2.47. The second-order valence-electron chi connectivity index (χ2n) is 4.99. The van der Waals surface area contributed by atoms with Crippen LogP contribution in [0.15, 0.2) is 18.2 Å². The van der Waals surface area contributed by atoms with Crippen molar-refractivity contribution in [3.63, 3.8) is 0 Å². The standard InChI is InChI=1S/C15H22ClNO2/c1-3-17-9-12-8-13(16)5-7-15(12)18-10-14-6-4-11(2)19-14/h5,7-8,11,14,17H,3-4,6,9-10H2,1-2H3. The van der Waals surface area contributed by atoms with E-state index in [4.69, 9.17) is 21.1 Å². The van der Waals surface area contributed by atoms with Gasteiger partial charge in [-0.25, -0.2) is 0 Å². The molecule has 0 amide bonds. The van der Waals surface area contributed by atoms with Crippen molar-refractivity contribution < 1.29 is 9.47 Å². The third kappa shape index (κ3) is 4.37. The molecule has 2 atom stereocenters. The highest BCUT2D eigenvalue weighted by molar-refractivity contribution is 6.30. The summed E-state index contributed by atoms with van der Waals surface area (Å²) >= 11 is 6.03. The van der Waals surface area contributed by atoms with E-state index in [0.717, 1.165) is 42.3 Å². The third-order valence-corrected chi connectivity index (χ3v) is 3.57. The predicted molar refractivity (Wildman–Crippen MR) is 77.9 cm³/mol. The molecule has 0 radical (unpaired) electrons. The molecule has 0 aromatic heterocycles. The minimum Gasteiger partial charge on any atom is -0.491 e. The van der Waals surface area contributed by atoms with Gasteiger partial charge in [-0.15, -0.1) is 0 Å². The van der Waals surface area contributed by atoms with Gasteiger partial charge in [0.1, 0.15) is 12.4 Å². The van der Waals surface area contributed by atoms with E-state index in [9.17, 15) is 0 Å². The molecule has 2 unspecified atom stereocenters. The number of halogens is 1. The first-order chi connectivity index (χ1) is 9.19. The van der Waals surface area contributed by atoms with Crippen LogP contribution in [0.1, 0.15) is 32.3 Å². The van der Waals surface area contributed by atoms with Gasteiger partial charge in [0.25, 0.3) is 0 Å². The smallest absolute Gasteiger partial charge is 0.124 e. The van der Waals surface area contributed by atoms with Crippen molar-refractivity contribution >= 4 is 11.6 Å². The Hall–Kier alpha value is -0.770. The second-order valence-corrected chi connectivity index (χ2v) is 5.43. The Balaban J connectivity index is 1.94. The molecule has 4 heteroatoms. The molecule has 0 bridgehead atoms. The van der Waals surface area contributed by atoms with E-state index in [1.54, 1.807) is 0 Å². The average molecular weight is 284 g/mol. The predicted octanol–water partition coefficient (Wildman–Crippen LogP) is 3.40. The molecule has 1 N–H and O–H groups in total. The maximum atomic E-state index is 6.03. The SMILES string of the molecule is CCNCc1cc(Cl)ccc1OCC1CCC(C)O1. The highest BCUT2D eigenvalue weighted by atomic mass is 35.5. The highest BCUT2D eigenvalue weighted by Crippen LogP contribution is 2.25. The average Bonchev–Trinajstić information content (AvgIpc) is 2.81. The van der Waals surface area contributed by atoms with Crippen molar-refractivity contribution in [1.29, 1.82) is 0 Å². The number of rotatable bonds is 6. The van der Waals surface area contributed by atoms with Crippen LogP contribution >= 0.6 is 11.6 Å². The first-order valence-electron chi connectivity index (χ1n) is 6.96. The number of hydrogen-bond donors (Lipinski definition) is 1. The van der Waals surface area contributed by atoms with Crippen LogP contribution in [0.5, 0.6) is 5.75 Å². The van der Waals surface area contributed by atoms with Crippen LogP contribution in [0.2, 0.25) is 5.02 Å². The molecule has 1 aromatic carbocycles. The van der Waals surface area contributed by atoms with Crippen LogP contribution in [-0.2, 0) is 11.3 Å². The Bertz CT molecular complexity index is 411. The lowest BCUT2D eigenvalue weighted by Crippen LogP contribution is -2.19. The van der Waals surface area contributed by atoms with E-state index in [2.05, 4.69) is 19.2 Å². The van der Waals surface area contributed by atoms with Crippen molar-refractivity contribution in [3.05, 3.63) is 28.8 Å². The number of benzene rings is 1. The van der Waals surface area contributed by atoms with E-state index in [-0.39, 0.29) is 6.10 Å². The Kier molecular flexibility index (Phi) is 5.49. The maximum absolute atomic E-state index is 6.03. The van der Waals surface area contributed by atoms with Gasteiger partial charge in [0.15, 0.2) is 0 Å². The zero-order chi connectivity index (χ0) is 13.7. The van der Waals surface area contributed by atoms with E-state index in [0.29, 0.717) is 12.7 Å². The molecule has 0 spiro atoms. The highest BCUT2D eigenvalue weighted by Gasteiger charge is 2.22. The van der Waals surface area contributed by atoms with Gasteiger partial charge in [0, 0.05) is 17.1 Å². The van der Waals surface area contributed by atoms with Crippen LogP contribution in [0.3, 0.4) is 0 Å². The van der Waals surface area contributed by atoms with E-state index < -0.39 is 0 Å². The first kappa shape index (κ1) is 14.6. The summed E-state index contributed by atoms with van der Waals surface area (Å²) in [5.74, 6) is 0.897. The van der Waals surface area contributed by atoms with Gasteiger partial charge in [0.2, 0.25) is 0 Å². The van der Waals surface area contributed by atoms with Crippen LogP contribution in [0.25, 0.3) is 0 Å². The first-order valence-corrected chi connectivity index (χ1v) is 7.34. The lowest BCUT2D eigenvalue weighted by atomic mass is 10.2. The monoisotopic (exact) mass is 283 g/mol. The minimum absolute atomic E-state index is 0.220. The summed E-state index contributed by atoms with van der Waals surface area (Å²) in [6, 6.07) is 5.76. The molecule has 3 nitrogen and oxygen atoms in total. The van der Waals surface area contributed by atoms with Gasteiger partial charge in [0.05, 0.1) is 12.2 Å². The molecule has 1 fully saturated rings. The number of hydrogen-bond acceptors (Lipinski definition) is 3. The van der Waals surface area contributed by atoms with Gasteiger partial charge in [-0.1, -0.05) is 18.5 Å². The molecule has 1 aliphatic rings. The van der Waals surface area contributed by atoms with Crippen molar-refractivity contribution in [2.45, 2.75) is 45.4 Å². The van der Waals surface area contributed by atoms with Crippen LogP contribution < -0.4 is 10.1 Å². The van der Waals surface area contributed by atoms with Gasteiger partial charge < -0.3 is 14.8 Å². The Morgan fingerprint density at radius 3 is 2.95 bits per heavy atom. The molecule has 1 aliphatic heterocycles. The summed E-state index contributed by atoms with van der Waals surface area (Å²) in [5.41, 5.74) is 1.10. The topological polar surface area (TPSA) is 30.5 Å². The summed E-state index contributed by atoms with van der Waals surface area (Å²) in [6.45, 7) is 6.51. The summed E-state index contributed by atoms with van der Waals surface area (Å²) in [6.07, 6.45) is 2.79. The Labute approximate surface area is 120 Å². The molecular weight excluding hydrogens is 262 g/mol. The quantitative estimate of drug-likeness (QED) is 0.868. The van der Waals surface area contributed by atoms with E-state index in [1.807, 2.05) is 18.2 Å². The summed E-state index contributed by atoms with van der Waals surface area (Å²) in [4.78, 5) is 0. The van der Waals surface area contributed by atoms with Crippen LogP contribution in [0.4, 0.5) is 0 Å². The van der Waals surface area contributed by atoms with Crippen LogP contribution in [0, 0.1) is 0 Å². The fourth-order valence-electron chi connectivity index (χ4n) is 2.28. The molecule has 19 heavy (non-hydrogen) atoms. The van der Waals surface area contributed by atoms with Gasteiger partial charge >= 0.3 is 0 Å². The number of nitrogens with one attached hydrogen (secondary N) is 1. The number of ether oxygens (including phenoxy) is 2. The molecule has 1 aromatic rings. The molecule has 1 heterocycles. The fraction of sp³-hybridized carbons (Fsp3) is 0.600. The Morgan fingerprint density at radius 1 is 1.42 bits per heavy atom. The third-order valence-electron chi connectivity index (χ3n) is 3.33. The molecule has 0 aliphatic carbocycles. The van der Waals surface area contributed by atoms with E-state index in [1.165, 1.54) is 0 Å². The van der Waals surface area contributed by atoms with Gasteiger partial charge in [-0.3, -0.25) is 0 Å². The summed E-state index contributed by atoms with van der Waals surface area (Å²) < 4.78 is 11.7. The molecule has 2 rings (SSSR count). The molecule has 0 saturated carbocycles. The van der Waals surface area contributed by atoms with Crippen molar-refractivity contribution in [2.24, 2.45) is 0 Å². The normalized spacial score (nSPS) is 22.7. The molecule has 106 valence electrons.